The molecular formula is C12H14N2O2. The molecule has 4 nitrogen and oxygen atoms in total. The highest BCUT2D eigenvalue weighted by Crippen LogP contribution is 2.35. The Hall–Kier alpha value is -1.39. The van der Waals surface area contributed by atoms with Gasteiger partial charge in [0.05, 0.1) is 17.7 Å². The lowest BCUT2D eigenvalue weighted by Gasteiger charge is -2.14. The van der Waals surface area contributed by atoms with Crippen LogP contribution in [0, 0.1) is 5.92 Å². The predicted molar refractivity (Wildman–Crippen MR) is 59.9 cm³/mol. The van der Waals surface area contributed by atoms with Crippen LogP contribution in [0.25, 0.3) is 0 Å². The maximum Gasteiger partial charge on any atom is 0.163 e. The Morgan fingerprint density at radius 3 is 2.81 bits per heavy atom. The molecule has 0 radical (unpaired) electrons. The molecule has 0 aromatic heterocycles. The summed E-state index contributed by atoms with van der Waals surface area (Å²) in [5, 5.41) is 13.8. The Bertz CT molecular complexity index is 418. The van der Waals surface area contributed by atoms with Crippen LogP contribution in [-0.2, 0) is 4.84 Å². The van der Waals surface area contributed by atoms with Crippen molar-refractivity contribution in [2.45, 2.75) is 24.7 Å². The van der Waals surface area contributed by atoms with E-state index in [2.05, 4.69) is 5.16 Å². The van der Waals surface area contributed by atoms with Crippen LogP contribution in [0.4, 0.5) is 0 Å². The van der Waals surface area contributed by atoms with Crippen molar-refractivity contribution in [1.29, 1.82) is 0 Å². The minimum absolute atomic E-state index is 0.0254. The number of benzene rings is 1. The maximum absolute atomic E-state index is 9.76. The Morgan fingerprint density at radius 2 is 2.06 bits per heavy atom. The van der Waals surface area contributed by atoms with Crippen molar-refractivity contribution in [2.75, 3.05) is 0 Å². The molecule has 3 N–H and O–H groups in total. The third-order valence-corrected chi connectivity index (χ3v) is 3.37. The van der Waals surface area contributed by atoms with E-state index in [1.54, 1.807) is 0 Å². The molecule has 0 saturated heterocycles. The van der Waals surface area contributed by atoms with Crippen molar-refractivity contribution >= 4 is 5.71 Å². The molecule has 1 saturated carbocycles. The number of rotatable bonds is 1. The van der Waals surface area contributed by atoms with Crippen LogP contribution in [-0.4, -0.2) is 29.1 Å². The smallest absolute Gasteiger partial charge is 0.163 e. The van der Waals surface area contributed by atoms with Crippen LogP contribution >= 0.6 is 0 Å². The minimum Gasteiger partial charge on any atom is -0.389 e. The monoisotopic (exact) mass is 218 g/mol. The second kappa shape index (κ2) is 3.57. The normalized spacial score (nSPS) is 36.8. The number of aliphatic hydroxyl groups excluding tert-OH is 1. The highest BCUT2D eigenvalue weighted by atomic mass is 16.7. The third kappa shape index (κ3) is 1.34. The summed E-state index contributed by atoms with van der Waals surface area (Å²) < 4.78 is 0. The summed E-state index contributed by atoms with van der Waals surface area (Å²) in [6.07, 6.45) is -0.170. The van der Waals surface area contributed by atoms with E-state index in [-0.39, 0.29) is 18.1 Å². The summed E-state index contributed by atoms with van der Waals surface area (Å²) in [5.41, 5.74) is 7.91. The molecule has 4 heteroatoms. The lowest BCUT2D eigenvalue weighted by Crippen LogP contribution is -2.34. The van der Waals surface area contributed by atoms with E-state index in [4.69, 9.17) is 10.6 Å². The molecule has 0 bridgehead atoms. The summed E-state index contributed by atoms with van der Waals surface area (Å²) in [7, 11) is 0. The van der Waals surface area contributed by atoms with Crippen molar-refractivity contribution in [2.24, 2.45) is 16.8 Å². The summed E-state index contributed by atoms with van der Waals surface area (Å²) in [5.74, 6) is 0.0254. The zero-order valence-electron chi connectivity index (χ0n) is 8.78. The first-order valence-corrected chi connectivity index (χ1v) is 5.50. The van der Waals surface area contributed by atoms with Gasteiger partial charge in [-0.3, -0.25) is 0 Å². The van der Waals surface area contributed by atoms with Gasteiger partial charge >= 0.3 is 0 Å². The fourth-order valence-corrected chi connectivity index (χ4v) is 2.57. The van der Waals surface area contributed by atoms with E-state index < -0.39 is 6.10 Å². The molecule has 1 aliphatic heterocycles. The first-order valence-electron chi connectivity index (χ1n) is 5.50. The second-order valence-electron chi connectivity index (χ2n) is 4.41. The van der Waals surface area contributed by atoms with Gasteiger partial charge in [-0.1, -0.05) is 35.5 Å². The second-order valence-corrected chi connectivity index (χ2v) is 4.41. The SMILES string of the molecule is N[C@@H]1C[C@H](O)[C@H]2ON=C(c3ccccc3)[C@H]21. The number of oxime groups is 1. The van der Waals surface area contributed by atoms with E-state index in [1.807, 2.05) is 30.3 Å². The average Bonchev–Trinajstić information content (AvgIpc) is 2.84. The standard InChI is InChI=1S/C12H14N2O2/c13-8-6-9(15)12-10(8)11(14-16-12)7-4-2-1-3-5-7/h1-5,8-10,12,15H,6,13H2/t8-,9+,10-,12-/m1/s1. The summed E-state index contributed by atoms with van der Waals surface area (Å²) in [4.78, 5) is 5.28. The molecule has 1 aromatic carbocycles. The Kier molecular flexibility index (Phi) is 2.19. The number of nitrogens with two attached hydrogens (primary N) is 1. The molecular weight excluding hydrogens is 204 g/mol. The summed E-state index contributed by atoms with van der Waals surface area (Å²) in [6.45, 7) is 0. The van der Waals surface area contributed by atoms with Gasteiger partial charge in [0.1, 0.15) is 0 Å². The topological polar surface area (TPSA) is 67.8 Å². The lowest BCUT2D eigenvalue weighted by atomic mass is 9.92. The highest BCUT2D eigenvalue weighted by Gasteiger charge is 2.49. The van der Waals surface area contributed by atoms with Crippen LogP contribution in [0.1, 0.15) is 12.0 Å². The zero-order chi connectivity index (χ0) is 11.1. The molecule has 4 atom stereocenters. The van der Waals surface area contributed by atoms with E-state index in [0.29, 0.717) is 6.42 Å². The Labute approximate surface area is 93.7 Å². The van der Waals surface area contributed by atoms with Gasteiger partial charge in [-0.15, -0.1) is 0 Å². The predicted octanol–water partition coefficient (Wildman–Crippen LogP) is 0.498. The molecule has 16 heavy (non-hydrogen) atoms. The van der Waals surface area contributed by atoms with Crippen molar-refractivity contribution < 1.29 is 9.94 Å². The first kappa shape index (κ1) is 9.81. The molecule has 1 fully saturated rings. The molecule has 1 aromatic rings. The van der Waals surface area contributed by atoms with E-state index in [1.165, 1.54) is 0 Å². The molecule has 1 heterocycles. The molecule has 3 rings (SSSR count). The number of fused-ring (bicyclic) bond motifs is 1. The van der Waals surface area contributed by atoms with Crippen LogP contribution in [0.15, 0.2) is 35.5 Å². The average molecular weight is 218 g/mol. The van der Waals surface area contributed by atoms with Gasteiger partial charge in [0.2, 0.25) is 0 Å². The largest absolute Gasteiger partial charge is 0.389 e. The highest BCUT2D eigenvalue weighted by molar-refractivity contribution is 6.03. The van der Waals surface area contributed by atoms with Gasteiger partial charge < -0.3 is 15.7 Å². The van der Waals surface area contributed by atoms with E-state index >= 15 is 0 Å². The van der Waals surface area contributed by atoms with Crippen LogP contribution < -0.4 is 5.73 Å². The summed E-state index contributed by atoms with van der Waals surface area (Å²) >= 11 is 0. The zero-order valence-corrected chi connectivity index (χ0v) is 8.78. The molecule has 0 spiro atoms. The van der Waals surface area contributed by atoms with Crippen molar-refractivity contribution in [3.8, 4) is 0 Å². The summed E-state index contributed by atoms with van der Waals surface area (Å²) in [6, 6.07) is 9.79. The third-order valence-electron chi connectivity index (χ3n) is 3.37. The van der Waals surface area contributed by atoms with Crippen LogP contribution in [0.3, 0.4) is 0 Å². The molecule has 84 valence electrons. The lowest BCUT2D eigenvalue weighted by molar-refractivity contribution is -0.0103. The van der Waals surface area contributed by atoms with Gasteiger partial charge in [0, 0.05) is 6.04 Å². The van der Waals surface area contributed by atoms with Crippen molar-refractivity contribution in [3.05, 3.63) is 35.9 Å². The Morgan fingerprint density at radius 1 is 1.31 bits per heavy atom. The van der Waals surface area contributed by atoms with E-state index in [9.17, 15) is 5.11 Å². The van der Waals surface area contributed by atoms with Gasteiger partial charge in [-0.2, -0.15) is 0 Å². The quantitative estimate of drug-likeness (QED) is 0.721. The Balaban J connectivity index is 1.94. The van der Waals surface area contributed by atoms with Gasteiger partial charge in [-0.25, -0.2) is 0 Å². The fourth-order valence-electron chi connectivity index (χ4n) is 2.57. The molecule has 1 aliphatic carbocycles. The number of hydrogen-bond donors (Lipinski definition) is 2. The fraction of sp³-hybridized carbons (Fsp3) is 0.417. The molecule has 0 unspecified atom stereocenters. The van der Waals surface area contributed by atoms with Gasteiger partial charge in [0.15, 0.2) is 6.10 Å². The van der Waals surface area contributed by atoms with Gasteiger partial charge in [-0.05, 0) is 12.0 Å². The molecule has 2 aliphatic rings. The van der Waals surface area contributed by atoms with Crippen molar-refractivity contribution in [1.82, 2.24) is 0 Å². The maximum atomic E-state index is 9.76. The number of aliphatic hydroxyl groups is 1. The van der Waals surface area contributed by atoms with Gasteiger partial charge in [0.25, 0.3) is 0 Å². The molecule has 0 amide bonds. The minimum atomic E-state index is -0.495. The number of nitrogens with zero attached hydrogens (tertiary/aromatic N) is 1. The van der Waals surface area contributed by atoms with Crippen LogP contribution in [0.5, 0.6) is 0 Å². The van der Waals surface area contributed by atoms with Crippen LogP contribution in [0.2, 0.25) is 0 Å². The van der Waals surface area contributed by atoms with Crippen molar-refractivity contribution in [3.63, 3.8) is 0 Å². The van der Waals surface area contributed by atoms with E-state index in [0.717, 1.165) is 11.3 Å². The number of hydrogen-bond acceptors (Lipinski definition) is 4. The first-order chi connectivity index (χ1) is 7.77.